The molecule has 4 aromatic rings. The molecule has 3 aromatic carbocycles. The third-order valence-electron chi connectivity index (χ3n) is 7.20. The number of ether oxygens (including phenoxy) is 1. The smallest absolute Gasteiger partial charge is 0.300 e. The number of aromatic nitrogens is 1. The normalized spacial score (nSPS) is 17.2. The molecule has 188 valence electrons. The van der Waals surface area contributed by atoms with Gasteiger partial charge in [-0.25, -0.2) is 0 Å². The van der Waals surface area contributed by atoms with Crippen LogP contribution in [-0.2, 0) is 9.59 Å². The molecular weight excluding hydrogens is 464 g/mol. The van der Waals surface area contributed by atoms with Gasteiger partial charge in [-0.1, -0.05) is 44.2 Å². The Hall–Kier alpha value is -4.32. The van der Waals surface area contributed by atoms with Gasteiger partial charge < -0.3 is 14.8 Å². The van der Waals surface area contributed by atoms with Gasteiger partial charge in [0.2, 0.25) is 0 Å². The zero-order chi connectivity index (χ0) is 26.4. The second kappa shape index (κ2) is 9.28. The summed E-state index contributed by atoms with van der Waals surface area (Å²) in [7, 11) is 1.59. The summed E-state index contributed by atoms with van der Waals surface area (Å²) < 4.78 is 5.42. The molecule has 6 heteroatoms. The van der Waals surface area contributed by atoms with E-state index in [4.69, 9.17) is 4.74 Å². The van der Waals surface area contributed by atoms with Crippen molar-refractivity contribution in [3.63, 3.8) is 0 Å². The summed E-state index contributed by atoms with van der Waals surface area (Å²) in [5, 5.41) is 12.5. The van der Waals surface area contributed by atoms with E-state index in [0.29, 0.717) is 22.9 Å². The van der Waals surface area contributed by atoms with Crippen molar-refractivity contribution in [1.29, 1.82) is 0 Å². The molecule has 37 heavy (non-hydrogen) atoms. The maximum Gasteiger partial charge on any atom is 0.300 e. The van der Waals surface area contributed by atoms with E-state index in [1.165, 1.54) is 4.90 Å². The van der Waals surface area contributed by atoms with Gasteiger partial charge in [0.25, 0.3) is 11.7 Å². The van der Waals surface area contributed by atoms with E-state index >= 15 is 0 Å². The number of para-hydroxylation sites is 1. The molecule has 0 aliphatic carbocycles. The Kier molecular flexibility index (Phi) is 6.12. The van der Waals surface area contributed by atoms with Crippen LogP contribution < -0.4 is 9.64 Å². The Morgan fingerprint density at radius 2 is 1.70 bits per heavy atom. The number of ketones is 1. The van der Waals surface area contributed by atoms with Gasteiger partial charge in [-0.3, -0.25) is 14.5 Å². The molecule has 5 rings (SSSR count). The lowest BCUT2D eigenvalue weighted by molar-refractivity contribution is -0.132. The average molecular weight is 495 g/mol. The van der Waals surface area contributed by atoms with Gasteiger partial charge in [-0.2, -0.15) is 0 Å². The number of anilines is 1. The summed E-state index contributed by atoms with van der Waals surface area (Å²) in [5.41, 5.74) is 5.48. The number of fused-ring (bicyclic) bond motifs is 1. The van der Waals surface area contributed by atoms with Crippen molar-refractivity contribution < 1.29 is 19.4 Å². The highest BCUT2D eigenvalue weighted by Gasteiger charge is 2.47. The van der Waals surface area contributed by atoms with Gasteiger partial charge in [0.05, 0.1) is 18.7 Å². The van der Waals surface area contributed by atoms with E-state index in [2.05, 4.69) is 18.8 Å². The number of Topliss-reactive ketones (excluding diaryl/α,β-unsaturated/α-hetero) is 1. The fourth-order valence-corrected chi connectivity index (χ4v) is 5.14. The first-order valence-electron chi connectivity index (χ1n) is 12.4. The maximum atomic E-state index is 13.6. The predicted octanol–water partition coefficient (Wildman–Crippen LogP) is 6.54. The highest BCUT2D eigenvalue weighted by molar-refractivity contribution is 6.52. The van der Waals surface area contributed by atoms with Gasteiger partial charge >= 0.3 is 0 Å². The van der Waals surface area contributed by atoms with Gasteiger partial charge in [-0.05, 0) is 66.8 Å². The Labute approximate surface area is 216 Å². The van der Waals surface area contributed by atoms with Crippen LogP contribution in [0.15, 0.2) is 72.4 Å². The minimum Gasteiger partial charge on any atom is -0.507 e. The number of aryl methyl sites for hydroxylation is 2. The van der Waals surface area contributed by atoms with E-state index in [0.717, 1.165) is 33.2 Å². The largest absolute Gasteiger partial charge is 0.507 e. The highest BCUT2D eigenvalue weighted by Crippen LogP contribution is 2.45. The minimum absolute atomic E-state index is 0.0651. The zero-order valence-electron chi connectivity index (χ0n) is 21.6. The van der Waals surface area contributed by atoms with E-state index < -0.39 is 17.7 Å². The second-order valence-corrected chi connectivity index (χ2v) is 9.84. The van der Waals surface area contributed by atoms with Crippen LogP contribution >= 0.6 is 0 Å². The predicted molar refractivity (Wildman–Crippen MR) is 146 cm³/mol. The third-order valence-corrected chi connectivity index (χ3v) is 7.20. The van der Waals surface area contributed by atoms with Crippen molar-refractivity contribution in [2.45, 2.75) is 39.7 Å². The topological polar surface area (TPSA) is 82.6 Å². The SMILES string of the molecule is COc1cc(C)c(/C(O)=C2\C(=O)C(=O)N(c3ccc(C(C)C)cc3)C2c2c[nH]c3ccccc23)cc1C. The van der Waals surface area contributed by atoms with Crippen molar-refractivity contribution in [2.24, 2.45) is 0 Å². The molecule has 1 amide bonds. The van der Waals surface area contributed by atoms with Gasteiger partial charge in [0, 0.05) is 33.9 Å². The van der Waals surface area contributed by atoms with Crippen molar-refractivity contribution in [3.05, 3.63) is 100 Å². The molecule has 6 nitrogen and oxygen atoms in total. The number of carbonyl (C=O) groups excluding carboxylic acids is 2. The number of benzene rings is 3. The Balaban J connectivity index is 1.76. The average Bonchev–Trinajstić information content (AvgIpc) is 3.43. The first kappa shape index (κ1) is 24.4. The summed E-state index contributed by atoms with van der Waals surface area (Å²) in [4.78, 5) is 31.9. The Bertz CT molecular complexity index is 1560. The number of carbonyl (C=O) groups is 2. The number of H-pyrrole nitrogens is 1. The van der Waals surface area contributed by atoms with Crippen molar-refractivity contribution in [3.8, 4) is 5.75 Å². The van der Waals surface area contributed by atoms with Crippen LogP contribution in [0, 0.1) is 13.8 Å². The molecule has 0 bridgehead atoms. The van der Waals surface area contributed by atoms with Crippen LogP contribution in [0.1, 0.15) is 53.6 Å². The number of hydrogen-bond donors (Lipinski definition) is 2. The van der Waals surface area contributed by atoms with Gasteiger partial charge in [0.15, 0.2) is 0 Å². The van der Waals surface area contributed by atoms with E-state index in [-0.39, 0.29) is 11.3 Å². The number of nitrogens with zero attached hydrogens (tertiary/aromatic N) is 1. The summed E-state index contributed by atoms with van der Waals surface area (Å²) in [6, 6.07) is 18.2. The van der Waals surface area contributed by atoms with Crippen molar-refractivity contribution in [2.75, 3.05) is 12.0 Å². The molecule has 1 aliphatic rings. The first-order valence-corrected chi connectivity index (χ1v) is 12.4. The molecule has 1 atom stereocenters. The quantitative estimate of drug-likeness (QED) is 0.187. The number of aliphatic hydroxyl groups is 1. The van der Waals surface area contributed by atoms with Crippen LogP contribution in [0.2, 0.25) is 0 Å². The standard InChI is InChI=1S/C31H30N2O4/c1-17(2)20-10-12-21(13-11-20)33-28(24-16-32-25-9-7-6-8-22(24)25)27(30(35)31(33)36)29(34)23-14-19(4)26(37-5)15-18(23)3/h6-17,28,32,34H,1-5H3/b29-27+. The molecule has 0 saturated carbocycles. The lowest BCUT2D eigenvalue weighted by atomic mass is 9.92. The number of amides is 1. The number of nitrogens with one attached hydrogen (secondary N) is 1. The summed E-state index contributed by atoms with van der Waals surface area (Å²) in [6.07, 6.45) is 1.82. The van der Waals surface area contributed by atoms with Crippen LogP contribution in [0.5, 0.6) is 5.75 Å². The molecule has 1 unspecified atom stereocenters. The first-order chi connectivity index (χ1) is 17.7. The third kappa shape index (κ3) is 3.99. The van der Waals surface area contributed by atoms with E-state index in [1.54, 1.807) is 13.2 Å². The van der Waals surface area contributed by atoms with Gasteiger partial charge in [-0.15, -0.1) is 0 Å². The molecule has 2 heterocycles. The fraction of sp³-hybridized carbons (Fsp3) is 0.226. The number of methoxy groups -OCH3 is 1. The highest BCUT2D eigenvalue weighted by atomic mass is 16.5. The van der Waals surface area contributed by atoms with E-state index in [9.17, 15) is 14.7 Å². The molecule has 0 spiro atoms. The minimum atomic E-state index is -0.803. The number of aliphatic hydroxyl groups excluding tert-OH is 1. The Morgan fingerprint density at radius 3 is 2.38 bits per heavy atom. The van der Waals surface area contributed by atoms with Crippen LogP contribution in [0.3, 0.4) is 0 Å². The molecule has 1 saturated heterocycles. The Morgan fingerprint density at radius 1 is 1.00 bits per heavy atom. The zero-order valence-corrected chi connectivity index (χ0v) is 21.6. The number of rotatable bonds is 5. The summed E-state index contributed by atoms with van der Waals surface area (Å²) in [5.74, 6) is -0.563. The summed E-state index contributed by atoms with van der Waals surface area (Å²) in [6.45, 7) is 7.93. The molecule has 1 aliphatic heterocycles. The molecular formula is C31H30N2O4. The fourth-order valence-electron chi connectivity index (χ4n) is 5.14. The lowest BCUT2D eigenvalue weighted by Crippen LogP contribution is -2.29. The lowest BCUT2D eigenvalue weighted by Gasteiger charge is -2.25. The van der Waals surface area contributed by atoms with Crippen LogP contribution in [0.25, 0.3) is 16.7 Å². The van der Waals surface area contributed by atoms with E-state index in [1.807, 2.05) is 74.6 Å². The molecule has 0 radical (unpaired) electrons. The maximum absolute atomic E-state index is 13.6. The summed E-state index contributed by atoms with van der Waals surface area (Å²) >= 11 is 0. The van der Waals surface area contributed by atoms with Crippen LogP contribution in [-0.4, -0.2) is 28.9 Å². The number of aromatic amines is 1. The number of hydrogen-bond acceptors (Lipinski definition) is 4. The second-order valence-electron chi connectivity index (χ2n) is 9.84. The molecule has 1 aromatic heterocycles. The monoisotopic (exact) mass is 494 g/mol. The van der Waals surface area contributed by atoms with Gasteiger partial charge in [0.1, 0.15) is 11.5 Å². The molecule has 1 fully saturated rings. The van der Waals surface area contributed by atoms with Crippen LogP contribution in [0.4, 0.5) is 5.69 Å². The van der Waals surface area contributed by atoms with Crippen molar-refractivity contribution >= 4 is 34.0 Å². The molecule has 2 N–H and O–H groups in total. The van der Waals surface area contributed by atoms with Crippen molar-refractivity contribution in [1.82, 2.24) is 4.98 Å².